The molecule has 2 heterocycles. The van der Waals surface area contributed by atoms with Crippen molar-refractivity contribution in [2.45, 2.75) is 23.3 Å². The zero-order valence-corrected chi connectivity index (χ0v) is 18.5. The summed E-state index contributed by atoms with van der Waals surface area (Å²) in [7, 11) is -2.08. The van der Waals surface area contributed by atoms with Crippen LogP contribution in [0, 0.1) is 0 Å². The van der Waals surface area contributed by atoms with Crippen molar-refractivity contribution in [2.24, 2.45) is 0 Å². The van der Waals surface area contributed by atoms with Gasteiger partial charge in [0.25, 0.3) is 0 Å². The summed E-state index contributed by atoms with van der Waals surface area (Å²) in [5, 5.41) is 0. The van der Waals surface area contributed by atoms with Gasteiger partial charge >= 0.3 is 0 Å². The quantitative estimate of drug-likeness (QED) is 0.598. The molecular weight excluding hydrogens is 426 g/mol. The van der Waals surface area contributed by atoms with Crippen LogP contribution < -0.4 is 9.47 Å². The average Bonchev–Trinajstić information content (AvgIpc) is 3.23. The number of hydrogen-bond acceptors (Lipinski definition) is 5. The van der Waals surface area contributed by atoms with E-state index in [1.165, 1.54) is 4.31 Å². The summed E-state index contributed by atoms with van der Waals surface area (Å²) in [4.78, 5) is 12.9. The first-order chi connectivity index (χ1) is 15.4. The van der Waals surface area contributed by atoms with E-state index < -0.39 is 15.6 Å². The molecule has 6 nitrogen and oxygen atoms in total. The van der Waals surface area contributed by atoms with Crippen LogP contribution in [0.3, 0.4) is 0 Å². The predicted octanol–water partition coefficient (Wildman–Crippen LogP) is 4.16. The molecule has 0 amide bonds. The molecule has 1 spiro atoms. The molecular formula is C25H23NO5S. The summed E-state index contributed by atoms with van der Waals surface area (Å²) in [6.07, 6.45) is 0.669. The molecule has 2 aliphatic rings. The number of sulfonamides is 1. The highest BCUT2D eigenvalue weighted by Crippen LogP contribution is 2.40. The molecule has 1 unspecified atom stereocenters. The van der Waals surface area contributed by atoms with Gasteiger partial charge in [0.05, 0.1) is 30.5 Å². The van der Waals surface area contributed by atoms with Crippen molar-refractivity contribution in [2.75, 3.05) is 20.2 Å². The van der Waals surface area contributed by atoms with Gasteiger partial charge in [-0.3, -0.25) is 4.79 Å². The van der Waals surface area contributed by atoms with Crippen LogP contribution in [0.2, 0.25) is 0 Å². The van der Waals surface area contributed by atoms with Crippen molar-refractivity contribution >= 4 is 15.8 Å². The van der Waals surface area contributed by atoms with Gasteiger partial charge in [-0.25, -0.2) is 8.42 Å². The molecule has 32 heavy (non-hydrogen) atoms. The van der Waals surface area contributed by atoms with Crippen LogP contribution in [0.15, 0.2) is 77.7 Å². The van der Waals surface area contributed by atoms with Crippen LogP contribution in [-0.4, -0.2) is 44.3 Å². The third kappa shape index (κ3) is 3.57. The second-order valence-electron chi connectivity index (χ2n) is 8.22. The van der Waals surface area contributed by atoms with E-state index in [1.807, 2.05) is 30.3 Å². The first-order valence-electron chi connectivity index (χ1n) is 10.5. The van der Waals surface area contributed by atoms with Gasteiger partial charge < -0.3 is 9.47 Å². The molecule has 1 atom stereocenters. The number of ether oxygens (including phenoxy) is 2. The van der Waals surface area contributed by atoms with Crippen LogP contribution in [0.25, 0.3) is 11.1 Å². The molecule has 7 heteroatoms. The Morgan fingerprint density at radius 2 is 1.59 bits per heavy atom. The number of benzene rings is 3. The number of nitrogens with zero attached hydrogens (tertiary/aromatic N) is 1. The lowest BCUT2D eigenvalue weighted by Crippen LogP contribution is -2.45. The van der Waals surface area contributed by atoms with E-state index in [0.29, 0.717) is 24.3 Å². The molecule has 0 bridgehead atoms. The third-order valence-corrected chi connectivity index (χ3v) is 8.05. The maximum atomic E-state index is 13.3. The van der Waals surface area contributed by atoms with Gasteiger partial charge in [-0.05, 0) is 47.5 Å². The summed E-state index contributed by atoms with van der Waals surface area (Å²) >= 11 is 0. The van der Waals surface area contributed by atoms with Crippen molar-refractivity contribution in [1.82, 2.24) is 4.31 Å². The first kappa shape index (κ1) is 20.7. The lowest BCUT2D eigenvalue weighted by Gasteiger charge is -2.34. The van der Waals surface area contributed by atoms with E-state index in [0.717, 1.165) is 16.9 Å². The van der Waals surface area contributed by atoms with Crippen LogP contribution >= 0.6 is 0 Å². The topological polar surface area (TPSA) is 72.9 Å². The van der Waals surface area contributed by atoms with E-state index in [1.54, 1.807) is 49.6 Å². The molecule has 0 saturated carbocycles. The van der Waals surface area contributed by atoms with E-state index >= 15 is 0 Å². The number of carbonyl (C=O) groups is 1. The third-order valence-electron chi connectivity index (χ3n) is 6.19. The Hall–Kier alpha value is -3.16. The van der Waals surface area contributed by atoms with Crippen LogP contribution in [0.1, 0.15) is 23.2 Å². The highest BCUT2D eigenvalue weighted by molar-refractivity contribution is 7.89. The Morgan fingerprint density at radius 3 is 2.28 bits per heavy atom. The van der Waals surface area contributed by atoms with Gasteiger partial charge in [-0.1, -0.05) is 36.4 Å². The standard InChI is InChI=1S/C25H23NO5S/c1-30-20-10-6-18(7-11-20)19-8-12-21(13-9-19)32(28,29)26-15-14-25(17-26)16-23(27)22-4-2-3-5-24(22)31-25/h2-13H,14-17H2,1H3. The minimum absolute atomic E-state index is 0.00468. The molecule has 0 aromatic heterocycles. The minimum atomic E-state index is -3.70. The second-order valence-corrected chi connectivity index (χ2v) is 10.2. The maximum absolute atomic E-state index is 13.3. The number of para-hydroxylation sites is 1. The summed E-state index contributed by atoms with van der Waals surface area (Å²) < 4.78 is 39.4. The van der Waals surface area contributed by atoms with Crippen LogP contribution in [0.5, 0.6) is 11.5 Å². The number of rotatable bonds is 4. The van der Waals surface area contributed by atoms with Gasteiger partial charge in [0.1, 0.15) is 17.1 Å². The fraction of sp³-hybridized carbons (Fsp3) is 0.240. The fourth-order valence-corrected chi connectivity index (χ4v) is 5.95. The van der Waals surface area contributed by atoms with E-state index in [4.69, 9.17) is 9.47 Å². The molecule has 1 saturated heterocycles. The maximum Gasteiger partial charge on any atom is 0.243 e. The number of methoxy groups -OCH3 is 1. The lowest BCUT2D eigenvalue weighted by atomic mass is 9.89. The van der Waals surface area contributed by atoms with Gasteiger partial charge in [-0.2, -0.15) is 4.31 Å². The molecule has 5 rings (SSSR count). The van der Waals surface area contributed by atoms with Gasteiger partial charge in [-0.15, -0.1) is 0 Å². The predicted molar refractivity (Wildman–Crippen MR) is 121 cm³/mol. The Kier molecular flexibility index (Phi) is 5.03. The molecule has 2 aliphatic heterocycles. The van der Waals surface area contributed by atoms with Crippen molar-refractivity contribution < 1.29 is 22.7 Å². The van der Waals surface area contributed by atoms with Crippen molar-refractivity contribution in [3.05, 3.63) is 78.4 Å². The Morgan fingerprint density at radius 1 is 0.938 bits per heavy atom. The second kappa shape index (κ2) is 7.76. The minimum Gasteiger partial charge on any atom is -0.497 e. The smallest absolute Gasteiger partial charge is 0.243 e. The zero-order chi connectivity index (χ0) is 22.3. The summed E-state index contributed by atoms with van der Waals surface area (Å²) in [6.45, 7) is 0.480. The highest BCUT2D eigenvalue weighted by atomic mass is 32.2. The van der Waals surface area contributed by atoms with Crippen molar-refractivity contribution in [3.8, 4) is 22.6 Å². The van der Waals surface area contributed by atoms with Crippen molar-refractivity contribution in [3.63, 3.8) is 0 Å². The molecule has 3 aromatic rings. The average molecular weight is 450 g/mol. The lowest BCUT2D eigenvalue weighted by molar-refractivity contribution is 0.0498. The molecule has 1 fully saturated rings. The number of carbonyl (C=O) groups excluding carboxylic acids is 1. The van der Waals surface area contributed by atoms with Gasteiger partial charge in [0.2, 0.25) is 10.0 Å². The normalized spacial score (nSPS) is 20.7. The monoisotopic (exact) mass is 449 g/mol. The number of fused-ring (bicyclic) bond motifs is 1. The summed E-state index contributed by atoms with van der Waals surface area (Å²) in [5.41, 5.74) is 1.65. The Balaban J connectivity index is 1.36. The van der Waals surface area contributed by atoms with Gasteiger partial charge in [0.15, 0.2) is 5.78 Å². The molecule has 3 aromatic carbocycles. The van der Waals surface area contributed by atoms with Crippen molar-refractivity contribution in [1.29, 1.82) is 0 Å². The zero-order valence-electron chi connectivity index (χ0n) is 17.7. The molecule has 0 radical (unpaired) electrons. The largest absolute Gasteiger partial charge is 0.497 e. The summed E-state index contributed by atoms with van der Waals surface area (Å²) in [5.74, 6) is 1.30. The number of Topliss-reactive ketones (excluding diaryl/α,β-unsaturated/α-hetero) is 1. The fourth-order valence-electron chi connectivity index (χ4n) is 4.44. The van der Waals surface area contributed by atoms with E-state index in [9.17, 15) is 13.2 Å². The summed E-state index contributed by atoms with van der Waals surface area (Å²) in [6, 6.07) is 21.6. The van der Waals surface area contributed by atoms with E-state index in [-0.39, 0.29) is 23.6 Å². The number of hydrogen-bond donors (Lipinski definition) is 0. The molecule has 164 valence electrons. The van der Waals surface area contributed by atoms with Crippen LogP contribution in [0.4, 0.5) is 0 Å². The first-order valence-corrected chi connectivity index (χ1v) is 11.9. The Labute approximate surface area is 187 Å². The number of ketones is 1. The highest BCUT2D eigenvalue weighted by Gasteiger charge is 2.48. The SMILES string of the molecule is COc1ccc(-c2ccc(S(=O)(=O)N3CCC4(CC(=O)c5ccccc5O4)C3)cc2)cc1. The Bertz CT molecular complexity index is 1270. The molecule has 0 aliphatic carbocycles. The van der Waals surface area contributed by atoms with Crippen LogP contribution in [-0.2, 0) is 10.0 Å². The van der Waals surface area contributed by atoms with E-state index in [2.05, 4.69) is 0 Å². The molecule has 0 N–H and O–H groups in total. The van der Waals surface area contributed by atoms with Gasteiger partial charge in [0, 0.05) is 13.0 Å².